The van der Waals surface area contributed by atoms with Crippen LogP contribution in [0.25, 0.3) is 16.7 Å². The molecule has 0 atom stereocenters. The fraction of sp³-hybridized carbons (Fsp3) is 0.0714. The van der Waals surface area contributed by atoms with Crippen LogP contribution in [0.1, 0.15) is 5.56 Å². The van der Waals surface area contributed by atoms with Gasteiger partial charge in [-0.2, -0.15) is 13.2 Å². The fourth-order valence-corrected chi connectivity index (χ4v) is 2.44. The van der Waals surface area contributed by atoms with E-state index >= 15 is 0 Å². The van der Waals surface area contributed by atoms with Gasteiger partial charge >= 0.3 is 11.9 Å². The van der Waals surface area contributed by atoms with E-state index in [0.717, 1.165) is 16.7 Å². The Morgan fingerprint density at radius 1 is 1.10 bits per heavy atom. The predicted molar refractivity (Wildman–Crippen MR) is 73.9 cm³/mol. The fourth-order valence-electron chi connectivity index (χ4n) is 2.18. The maximum Gasteiger partial charge on any atom is 0.416 e. The number of H-pyrrole nitrogens is 1. The van der Waals surface area contributed by atoms with Crippen LogP contribution in [0.15, 0.2) is 47.3 Å². The molecule has 0 saturated carbocycles. The Kier molecular flexibility index (Phi) is 3.06. The molecule has 0 aliphatic rings. The van der Waals surface area contributed by atoms with Gasteiger partial charge in [0.25, 0.3) is 0 Å². The van der Waals surface area contributed by atoms with Crippen molar-refractivity contribution in [3.05, 3.63) is 63.5 Å². The third-order valence-corrected chi connectivity index (χ3v) is 3.39. The summed E-state index contributed by atoms with van der Waals surface area (Å²) in [6.07, 6.45) is -4.48. The second-order valence-corrected chi connectivity index (χ2v) is 4.86. The van der Waals surface area contributed by atoms with Crippen molar-refractivity contribution in [3.63, 3.8) is 0 Å². The van der Waals surface area contributed by atoms with E-state index in [1.54, 1.807) is 18.2 Å². The minimum atomic E-state index is -4.48. The molecule has 0 radical (unpaired) electrons. The summed E-state index contributed by atoms with van der Waals surface area (Å²) in [5.74, 6) is 0. The van der Waals surface area contributed by atoms with Crippen molar-refractivity contribution < 1.29 is 13.2 Å². The van der Waals surface area contributed by atoms with Crippen molar-refractivity contribution in [3.8, 4) is 5.69 Å². The lowest BCUT2D eigenvalue weighted by Gasteiger charge is -2.09. The molecule has 1 aromatic heterocycles. The third-order valence-electron chi connectivity index (χ3n) is 3.09. The van der Waals surface area contributed by atoms with Crippen molar-refractivity contribution in [1.82, 2.24) is 9.55 Å². The summed E-state index contributed by atoms with van der Waals surface area (Å²) in [6.45, 7) is 0. The number of nitrogens with zero attached hydrogens (tertiary/aromatic N) is 1. The topological polar surface area (TPSA) is 37.8 Å². The molecular formula is C14H8ClF3N2O. The number of para-hydroxylation sites is 1. The summed E-state index contributed by atoms with van der Waals surface area (Å²) in [7, 11) is 0. The number of benzene rings is 2. The van der Waals surface area contributed by atoms with Crippen molar-refractivity contribution in [1.29, 1.82) is 0 Å². The van der Waals surface area contributed by atoms with Gasteiger partial charge in [-0.05, 0) is 30.3 Å². The zero-order valence-electron chi connectivity index (χ0n) is 10.4. The predicted octanol–water partition coefficient (Wildman–Crippen LogP) is 3.99. The molecule has 21 heavy (non-hydrogen) atoms. The monoisotopic (exact) mass is 312 g/mol. The molecule has 0 amide bonds. The number of nitrogens with one attached hydrogen (secondary N) is 1. The Morgan fingerprint density at radius 3 is 2.52 bits per heavy atom. The van der Waals surface area contributed by atoms with Gasteiger partial charge in [-0.1, -0.05) is 23.7 Å². The van der Waals surface area contributed by atoms with Crippen LogP contribution < -0.4 is 5.69 Å². The minimum Gasteiger partial charge on any atom is -0.305 e. The van der Waals surface area contributed by atoms with Crippen molar-refractivity contribution >= 4 is 22.6 Å². The van der Waals surface area contributed by atoms with Gasteiger partial charge in [0.2, 0.25) is 0 Å². The molecule has 7 heteroatoms. The van der Waals surface area contributed by atoms with Gasteiger partial charge in [0.15, 0.2) is 0 Å². The number of halogens is 4. The molecule has 3 nitrogen and oxygen atoms in total. The highest BCUT2D eigenvalue weighted by Crippen LogP contribution is 2.31. The first-order valence-electron chi connectivity index (χ1n) is 5.95. The molecule has 0 saturated heterocycles. The molecule has 3 rings (SSSR count). The summed E-state index contributed by atoms with van der Waals surface area (Å²) < 4.78 is 39.5. The minimum absolute atomic E-state index is 0.106. The van der Waals surface area contributed by atoms with E-state index < -0.39 is 17.4 Å². The first kappa shape index (κ1) is 13.8. The highest BCUT2D eigenvalue weighted by atomic mass is 35.5. The smallest absolute Gasteiger partial charge is 0.305 e. The lowest BCUT2D eigenvalue weighted by molar-refractivity contribution is -0.137. The van der Waals surface area contributed by atoms with Gasteiger partial charge in [0, 0.05) is 0 Å². The molecule has 0 fully saturated rings. The van der Waals surface area contributed by atoms with Crippen molar-refractivity contribution in [2.24, 2.45) is 0 Å². The van der Waals surface area contributed by atoms with E-state index in [1.807, 2.05) is 0 Å². The van der Waals surface area contributed by atoms with Crippen LogP contribution in [-0.2, 0) is 6.18 Å². The summed E-state index contributed by atoms with van der Waals surface area (Å²) in [5.41, 5.74) is -0.451. The van der Waals surface area contributed by atoms with Gasteiger partial charge in [-0.25, -0.2) is 4.79 Å². The van der Waals surface area contributed by atoms with E-state index in [1.165, 1.54) is 12.1 Å². The maximum absolute atomic E-state index is 12.8. The zero-order chi connectivity index (χ0) is 15.2. The highest BCUT2D eigenvalue weighted by Gasteiger charge is 2.30. The molecule has 0 spiro atoms. The molecule has 0 unspecified atom stereocenters. The second-order valence-electron chi connectivity index (χ2n) is 4.45. The SMILES string of the molecule is O=c1[nH]c2cccc(Cl)c2n1-c1cccc(C(F)(F)F)c1. The third kappa shape index (κ3) is 2.31. The first-order chi connectivity index (χ1) is 9.88. The van der Waals surface area contributed by atoms with E-state index in [4.69, 9.17) is 11.6 Å². The molecule has 0 aliphatic carbocycles. The quantitative estimate of drug-likeness (QED) is 0.725. The number of aromatic nitrogens is 2. The first-order valence-corrected chi connectivity index (χ1v) is 6.32. The second kappa shape index (κ2) is 4.66. The van der Waals surface area contributed by atoms with Crippen molar-refractivity contribution in [2.45, 2.75) is 6.18 Å². The lowest BCUT2D eigenvalue weighted by atomic mass is 10.2. The van der Waals surface area contributed by atoms with Crippen LogP contribution in [0, 0.1) is 0 Å². The van der Waals surface area contributed by atoms with E-state index in [0.29, 0.717) is 11.0 Å². The number of hydrogen-bond acceptors (Lipinski definition) is 1. The van der Waals surface area contributed by atoms with Gasteiger partial charge in [-0.15, -0.1) is 0 Å². The largest absolute Gasteiger partial charge is 0.416 e. The Balaban J connectivity index is 2.31. The average molecular weight is 313 g/mol. The number of fused-ring (bicyclic) bond motifs is 1. The van der Waals surface area contributed by atoms with Crippen LogP contribution in [0.3, 0.4) is 0 Å². The summed E-state index contributed by atoms with van der Waals surface area (Å²) >= 11 is 6.05. The Morgan fingerprint density at radius 2 is 1.81 bits per heavy atom. The molecule has 2 aromatic carbocycles. The van der Waals surface area contributed by atoms with E-state index in [9.17, 15) is 18.0 Å². The Labute approximate surface area is 121 Å². The van der Waals surface area contributed by atoms with Gasteiger partial charge < -0.3 is 4.98 Å². The lowest BCUT2D eigenvalue weighted by Crippen LogP contribution is -2.15. The molecule has 1 heterocycles. The Bertz CT molecular complexity index is 880. The molecule has 0 aliphatic heterocycles. The zero-order valence-corrected chi connectivity index (χ0v) is 11.2. The number of alkyl halides is 3. The van der Waals surface area contributed by atoms with Gasteiger partial charge in [0.1, 0.15) is 0 Å². The normalized spacial score (nSPS) is 12.0. The molecule has 3 aromatic rings. The van der Waals surface area contributed by atoms with E-state index in [-0.39, 0.29) is 10.7 Å². The molecule has 0 bridgehead atoms. The number of rotatable bonds is 1. The van der Waals surface area contributed by atoms with Crippen LogP contribution in [-0.4, -0.2) is 9.55 Å². The standard InChI is InChI=1S/C14H8ClF3N2O/c15-10-5-2-6-11-12(10)20(13(21)19-11)9-4-1-3-8(7-9)14(16,17)18/h1-7H,(H,19,21). The number of hydrogen-bond donors (Lipinski definition) is 1. The van der Waals surface area contributed by atoms with Gasteiger partial charge in [0.05, 0.1) is 27.3 Å². The molecular weight excluding hydrogens is 305 g/mol. The van der Waals surface area contributed by atoms with Crippen LogP contribution in [0.4, 0.5) is 13.2 Å². The summed E-state index contributed by atoms with van der Waals surface area (Å²) in [4.78, 5) is 14.6. The maximum atomic E-state index is 12.8. The van der Waals surface area contributed by atoms with Crippen LogP contribution in [0.2, 0.25) is 5.02 Å². The number of imidazole rings is 1. The summed E-state index contributed by atoms with van der Waals surface area (Å²) in [6, 6.07) is 9.39. The Hall–Kier alpha value is -2.21. The molecule has 1 N–H and O–H groups in total. The average Bonchev–Trinajstić information content (AvgIpc) is 2.75. The highest BCUT2D eigenvalue weighted by molar-refractivity contribution is 6.35. The van der Waals surface area contributed by atoms with Gasteiger partial charge in [-0.3, -0.25) is 4.57 Å². The van der Waals surface area contributed by atoms with E-state index in [2.05, 4.69) is 4.98 Å². The van der Waals surface area contributed by atoms with Crippen LogP contribution in [0.5, 0.6) is 0 Å². The van der Waals surface area contributed by atoms with Crippen molar-refractivity contribution in [2.75, 3.05) is 0 Å². The molecule has 108 valence electrons. The number of aromatic amines is 1. The van der Waals surface area contributed by atoms with Crippen LogP contribution >= 0.6 is 11.6 Å². The summed E-state index contributed by atoms with van der Waals surface area (Å²) in [5, 5.41) is 0.281.